The Labute approximate surface area is 127 Å². The molecule has 0 aromatic heterocycles. The molecule has 0 heterocycles. The number of nitrogens with one attached hydrogen (secondary N) is 1. The van der Waals surface area contributed by atoms with Crippen molar-refractivity contribution in [3.63, 3.8) is 0 Å². The fraction of sp³-hybridized carbons (Fsp3) is 0.600. The first-order valence-corrected chi connectivity index (χ1v) is 8.32. The molecule has 1 aromatic rings. The van der Waals surface area contributed by atoms with Crippen LogP contribution in [0.15, 0.2) is 27.1 Å². The highest BCUT2D eigenvalue weighted by molar-refractivity contribution is 9.11. The Morgan fingerprint density at radius 3 is 2.44 bits per heavy atom. The molecule has 1 unspecified atom stereocenters. The minimum atomic E-state index is 0.462. The van der Waals surface area contributed by atoms with E-state index >= 15 is 0 Å². The molecule has 0 aliphatic heterocycles. The third kappa shape index (κ3) is 3.37. The molecule has 0 saturated heterocycles. The van der Waals surface area contributed by atoms with E-state index in [2.05, 4.69) is 69.3 Å². The van der Waals surface area contributed by atoms with Gasteiger partial charge in [-0.2, -0.15) is 0 Å². The summed E-state index contributed by atoms with van der Waals surface area (Å²) in [5, 5.41) is 3.52. The monoisotopic (exact) mass is 373 g/mol. The molecule has 0 radical (unpaired) electrons. The molecule has 18 heavy (non-hydrogen) atoms. The lowest BCUT2D eigenvalue weighted by Gasteiger charge is -2.33. The summed E-state index contributed by atoms with van der Waals surface area (Å²) in [6.07, 6.45) is 5.42. The molecule has 1 aliphatic rings. The van der Waals surface area contributed by atoms with Crippen LogP contribution in [0, 0.1) is 11.8 Å². The van der Waals surface area contributed by atoms with Gasteiger partial charge in [-0.05, 0) is 55.5 Å². The maximum Gasteiger partial charge on any atom is 0.0357 e. The predicted octanol–water partition coefficient (Wildman–Crippen LogP) is 5.30. The lowest BCUT2D eigenvalue weighted by atomic mass is 9.77. The largest absolute Gasteiger partial charge is 0.313 e. The van der Waals surface area contributed by atoms with Crippen molar-refractivity contribution in [3.8, 4) is 0 Å². The highest BCUT2D eigenvalue weighted by Gasteiger charge is 2.27. The van der Waals surface area contributed by atoms with E-state index in [1.165, 1.54) is 35.7 Å². The molecule has 1 atom stereocenters. The second-order valence-electron chi connectivity index (χ2n) is 5.45. The second-order valence-corrected chi connectivity index (χ2v) is 7.22. The molecule has 1 nitrogen and oxygen atoms in total. The molecule has 1 aliphatic carbocycles. The van der Waals surface area contributed by atoms with Gasteiger partial charge < -0.3 is 5.32 Å². The quantitative estimate of drug-likeness (QED) is 0.756. The van der Waals surface area contributed by atoms with Crippen molar-refractivity contribution < 1.29 is 0 Å². The Bertz CT molecular complexity index is 397. The van der Waals surface area contributed by atoms with E-state index in [0.717, 1.165) is 16.3 Å². The Morgan fingerprint density at radius 1 is 1.17 bits per heavy atom. The van der Waals surface area contributed by atoms with Crippen molar-refractivity contribution in [3.05, 3.63) is 32.7 Å². The molecular formula is C15H21Br2N. The molecule has 1 fully saturated rings. The van der Waals surface area contributed by atoms with E-state index in [1.54, 1.807) is 0 Å². The van der Waals surface area contributed by atoms with Crippen molar-refractivity contribution in [2.24, 2.45) is 11.8 Å². The van der Waals surface area contributed by atoms with Gasteiger partial charge in [0.05, 0.1) is 0 Å². The van der Waals surface area contributed by atoms with Crippen LogP contribution in [0.5, 0.6) is 0 Å². The highest BCUT2D eigenvalue weighted by Crippen LogP contribution is 2.39. The van der Waals surface area contributed by atoms with E-state index in [-0.39, 0.29) is 0 Å². The first kappa shape index (κ1) is 14.5. The lowest BCUT2D eigenvalue weighted by Crippen LogP contribution is -2.28. The molecule has 1 aromatic carbocycles. The summed E-state index contributed by atoms with van der Waals surface area (Å²) >= 11 is 7.27. The molecule has 100 valence electrons. The molecular weight excluding hydrogens is 354 g/mol. The van der Waals surface area contributed by atoms with E-state index < -0.39 is 0 Å². The summed E-state index contributed by atoms with van der Waals surface area (Å²) < 4.78 is 2.37. The van der Waals surface area contributed by atoms with Crippen molar-refractivity contribution >= 4 is 31.9 Å². The summed E-state index contributed by atoms with van der Waals surface area (Å²) in [7, 11) is 2.08. The van der Waals surface area contributed by atoms with Crippen LogP contribution in [-0.2, 0) is 0 Å². The van der Waals surface area contributed by atoms with E-state index in [1.807, 2.05) is 0 Å². The van der Waals surface area contributed by atoms with Crippen LogP contribution in [0.3, 0.4) is 0 Å². The average Bonchev–Trinajstić information content (AvgIpc) is 2.37. The van der Waals surface area contributed by atoms with Gasteiger partial charge in [0.15, 0.2) is 0 Å². The van der Waals surface area contributed by atoms with Gasteiger partial charge in [0.25, 0.3) is 0 Å². The van der Waals surface area contributed by atoms with Crippen LogP contribution >= 0.6 is 31.9 Å². The summed E-state index contributed by atoms with van der Waals surface area (Å²) in [6.45, 7) is 2.37. The zero-order valence-electron chi connectivity index (χ0n) is 11.0. The lowest BCUT2D eigenvalue weighted by molar-refractivity contribution is 0.237. The van der Waals surface area contributed by atoms with Gasteiger partial charge in [-0.3, -0.25) is 0 Å². The number of rotatable bonds is 3. The minimum absolute atomic E-state index is 0.462. The van der Waals surface area contributed by atoms with E-state index in [9.17, 15) is 0 Å². The first-order chi connectivity index (χ1) is 8.61. The number of hydrogen-bond donors (Lipinski definition) is 1. The Hall–Kier alpha value is 0.140. The zero-order chi connectivity index (χ0) is 13.1. The van der Waals surface area contributed by atoms with Crippen LogP contribution in [0.4, 0.5) is 0 Å². The molecule has 2 rings (SSSR count). The molecule has 0 bridgehead atoms. The number of benzene rings is 1. The number of hydrogen-bond acceptors (Lipinski definition) is 1. The highest BCUT2D eigenvalue weighted by atomic mass is 79.9. The second kappa shape index (κ2) is 6.53. The molecule has 0 spiro atoms. The van der Waals surface area contributed by atoms with E-state index in [0.29, 0.717) is 6.04 Å². The minimum Gasteiger partial charge on any atom is -0.313 e. The smallest absolute Gasteiger partial charge is 0.0357 e. The SMILES string of the molecule is CNC(c1cc(Br)ccc1Br)C1CCC(C)CC1. The Balaban J connectivity index is 2.19. The molecule has 0 amide bonds. The van der Waals surface area contributed by atoms with Crippen molar-refractivity contribution in [2.75, 3.05) is 7.05 Å². The van der Waals surface area contributed by atoms with Crippen LogP contribution in [0.1, 0.15) is 44.2 Å². The zero-order valence-corrected chi connectivity index (χ0v) is 14.2. The first-order valence-electron chi connectivity index (χ1n) is 6.74. The van der Waals surface area contributed by atoms with Gasteiger partial charge in [-0.15, -0.1) is 0 Å². The maximum atomic E-state index is 3.69. The fourth-order valence-electron chi connectivity index (χ4n) is 3.02. The topological polar surface area (TPSA) is 12.0 Å². The summed E-state index contributed by atoms with van der Waals surface area (Å²) in [6, 6.07) is 6.92. The Kier molecular flexibility index (Phi) is 5.28. The van der Waals surface area contributed by atoms with Gasteiger partial charge in [0, 0.05) is 15.0 Å². The van der Waals surface area contributed by atoms with Gasteiger partial charge in [-0.1, -0.05) is 51.6 Å². The van der Waals surface area contributed by atoms with Crippen LogP contribution in [-0.4, -0.2) is 7.05 Å². The fourth-order valence-corrected chi connectivity index (χ4v) is 3.89. The van der Waals surface area contributed by atoms with Crippen LogP contribution in [0.25, 0.3) is 0 Å². The molecule has 1 saturated carbocycles. The van der Waals surface area contributed by atoms with Crippen molar-refractivity contribution in [2.45, 2.75) is 38.6 Å². The van der Waals surface area contributed by atoms with Crippen LogP contribution < -0.4 is 5.32 Å². The standard InChI is InChI=1S/C15H21Br2N/c1-10-3-5-11(6-4-10)15(18-2)13-9-12(16)7-8-14(13)17/h7-11,15,18H,3-6H2,1-2H3. The Morgan fingerprint density at radius 2 is 1.83 bits per heavy atom. The maximum absolute atomic E-state index is 3.69. The third-order valence-electron chi connectivity index (χ3n) is 4.14. The third-order valence-corrected chi connectivity index (χ3v) is 5.35. The predicted molar refractivity (Wildman–Crippen MR) is 84.8 cm³/mol. The van der Waals surface area contributed by atoms with Gasteiger partial charge >= 0.3 is 0 Å². The van der Waals surface area contributed by atoms with Gasteiger partial charge in [0.1, 0.15) is 0 Å². The van der Waals surface area contributed by atoms with Crippen molar-refractivity contribution in [1.29, 1.82) is 0 Å². The van der Waals surface area contributed by atoms with E-state index in [4.69, 9.17) is 0 Å². The van der Waals surface area contributed by atoms with Gasteiger partial charge in [-0.25, -0.2) is 0 Å². The average molecular weight is 375 g/mol. The molecule has 3 heteroatoms. The van der Waals surface area contributed by atoms with Gasteiger partial charge in [0.2, 0.25) is 0 Å². The summed E-state index contributed by atoms with van der Waals surface area (Å²) in [5.74, 6) is 1.67. The normalized spacial score (nSPS) is 26.0. The molecule has 1 N–H and O–H groups in total. The van der Waals surface area contributed by atoms with Crippen LogP contribution in [0.2, 0.25) is 0 Å². The summed E-state index contributed by atoms with van der Waals surface area (Å²) in [5.41, 5.74) is 1.38. The van der Waals surface area contributed by atoms with Crippen molar-refractivity contribution in [1.82, 2.24) is 5.32 Å². The summed E-state index contributed by atoms with van der Waals surface area (Å²) in [4.78, 5) is 0. The number of halogens is 2.